The number of rotatable bonds is 2. The standard InChI is InChI=1S/C16H17BrN2O2/c1-11-9-19(10-13(8-17)21-11)16(20)14-6-2-4-12-5-3-7-18-15(12)14/h2-7,11,13H,8-10H2,1H3. The molecule has 2 unspecified atom stereocenters. The van der Waals surface area contributed by atoms with Crippen molar-refractivity contribution in [2.45, 2.75) is 19.1 Å². The average Bonchev–Trinajstić information content (AvgIpc) is 2.53. The fraction of sp³-hybridized carbons (Fsp3) is 0.375. The Morgan fingerprint density at radius 2 is 2.19 bits per heavy atom. The van der Waals surface area contributed by atoms with Gasteiger partial charge in [-0.1, -0.05) is 34.1 Å². The molecule has 1 aromatic carbocycles. The largest absolute Gasteiger partial charge is 0.371 e. The maximum atomic E-state index is 12.8. The van der Waals surface area contributed by atoms with E-state index in [-0.39, 0.29) is 18.1 Å². The summed E-state index contributed by atoms with van der Waals surface area (Å²) >= 11 is 3.44. The number of morpholine rings is 1. The lowest BCUT2D eigenvalue weighted by atomic mass is 10.1. The molecule has 1 saturated heterocycles. The number of fused-ring (bicyclic) bond motifs is 1. The van der Waals surface area contributed by atoms with Gasteiger partial charge >= 0.3 is 0 Å². The molecule has 1 aliphatic heterocycles. The van der Waals surface area contributed by atoms with E-state index in [2.05, 4.69) is 20.9 Å². The molecule has 1 amide bonds. The molecule has 2 atom stereocenters. The second kappa shape index (κ2) is 6.12. The zero-order chi connectivity index (χ0) is 14.8. The van der Waals surface area contributed by atoms with Gasteiger partial charge in [0.05, 0.1) is 23.3 Å². The maximum Gasteiger partial charge on any atom is 0.256 e. The molecule has 0 radical (unpaired) electrons. The summed E-state index contributed by atoms with van der Waals surface area (Å²) in [5.74, 6) is 0.0281. The molecule has 0 N–H and O–H groups in total. The first-order chi connectivity index (χ1) is 10.2. The van der Waals surface area contributed by atoms with Crippen molar-refractivity contribution in [3.05, 3.63) is 42.1 Å². The minimum atomic E-state index is 0.0281. The number of ether oxygens (including phenoxy) is 1. The number of hydrogen-bond donors (Lipinski definition) is 0. The Bertz CT molecular complexity index is 656. The van der Waals surface area contributed by atoms with Crippen LogP contribution in [-0.4, -0.2) is 46.4 Å². The molecule has 2 aromatic rings. The van der Waals surface area contributed by atoms with E-state index in [0.29, 0.717) is 18.7 Å². The fourth-order valence-corrected chi connectivity index (χ4v) is 3.10. The number of benzene rings is 1. The van der Waals surface area contributed by atoms with Crippen LogP contribution in [-0.2, 0) is 4.74 Å². The Labute approximate surface area is 132 Å². The third-order valence-electron chi connectivity index (χ3n) is 3.65. The molecule has 0 spiro atoms. The zero-order valence-electron chi connectivity index (χ0n) is 11.8. The smallest absolute Gasteiger partial charge is 0.256 e. The van der Waals surface area contributed by atoms with Gasteiger partial charge in [-0.2, -0.15) is 0 Å². The highest BCUT2D eigenvalue weighted by molar-refractivity contribution is 9.09. The molecule has 0 aliphatic carbocycles. The van der Waals surface area contributed by atoms with Crippen molar-refractivity contribution in [1.29, 1.82) is 0 Å². The van der Waals surface area contributed by atoms with Crippen LogP contribution < -0.4 is 0 Å². The van der Waals surface area contributed by atoms with E-state index in [9.17, 15) is 4.79 Å². The summed E-state index contributed by atoms with van der Waals surface area (Å²) in [6.45, 7) is 3.22. The van der Waals surface area contributed by atoms with E-state index in [0.717, 1.165) is 16.2 Å². The van der Waals surface area contributed by atoms with Crippen molar-refractivity contribution in [1.82, 2.24) is 9.88 Å². The molecule has 0 saturated carbocycles. The summed E-state index contributed by atoms with van der Waals surface area (Å²) < 4.78 is 5.78. The molecule has 0 bridgehead atoms. The van der Waals surface area contributed by atoms with Crippen molar-refractivity contribution in [2.24, 2.45) is 0 Å². The summed E-state index contributed by atoms with van der Waals surface area (Å²) in [4.78, 5) is 19.1. The lowest BCUT2D eigenvalue weighted by Crippen LogP contribution is -2.49. The number of alkyl halides is 1. The number of nitrogens with zero attached hydrogens (tertiary/aromatic N) is 2. The molecular weight excluding hydrogens is 332 g/mol. The van der Waals surface area contributed by atoms with Gasteiger partial charge in [-0.3, -0.25) is 9.78 Å². The second-order valence-corrected chi connectivity index (χ2v) is 5.96. The van der Waals surface area contributed by atoms with Gasteiger partial charge in [-0.25, -0.2) is 0 Å². The number of carbonyl (C=O) groups is 1. The predicted molar refractivity (Wildman–Crippen MR) is 85.8 cm³/mol. The fourth-order valence-electron chi connectivity index (χ4n) is 2.74. The molecule has 1 fully saturated rings. The monoisotopic (exact) mass is 348 g/mol. The maximum absolute atomic E-state index is 12.8. The summed E-state index contributed by atoms with van der Waals surface area (Å²) in [6.07, 6.45) is 1.82. The predicted octanol–water partition coefficient (Wildman–Crippen LogP) is 2.86. The average molecular weight is 349 g/mol. The molecular formula is C16H17BrN2O2. The number of carbonyl (C=O) groups excluding carboxylic acids is 1. The Hall–Kier alpha value is -1.46. The molecule has 5 heteroatoms. The van der Waals surface area contributed by atoms with E-state index in [1.165, 1.54) is 0 Å². The van der Waals surface area contributed by atoms with E-state index in [4.69, 9.17) is 4.74 Å². The number of pyridine rings is 1. The van der Waals surface area contributed by atoms with Crippen LogP contribution >= 0.6 is 15.9 Å². The summed E-state index contributed by atoms with van der Waals surface area (Å²) in [6, 6.07) is 9.59. The lowest BCUT2D eigenvalue weighted by molar-refractivity contribution is -0.0559. The molecule has 110 valence electrons. The van der Waals surface area contributed by atoms with Crippen LogP contribution in [0.15, 0.2) is 36.5 Å². The highest BCUT2D eigenvalue weighted by atomic mass is 79.9. The molecule has 4 nitrogen and oxygen atoms in total. The Balaban J connectivity index is 1.93. The topological polar surface area (TPSA) is 42.4 Å². The van der Waals surface area contributed by atoms with Crippen LogP contribution in [0.25, 0.3) is 10.9 Å². The second-order valence-electron chi connectivity index (χ2n) is 5.31. The van der Waals surface area contributed by atoms with Gasteiger partial charge in [-0.05, 0) is 19.1 Å². The van der Waals surface area contributed by atoms with Gasteiger partial charge in [0.25, 0.3) is 5.91 Å². The normalized spacial score (nSPS) is 22.5. The summed E-state index contributed by atoms with van der Waals surface area (Å²) in [7, 11) is 0. The van der Waals surface area contributed by atoms with Gasteiger partial charge in [-0.15, -0.1) is 0 Å². The van der Waals surface area contributed by atoms with Gasteiger partial charge in [0.15, 0.2) is 0 Å². The highest BCUT2D eigenvalue weighted by Gasteiger charge is 2.29. The Kier molecular flexibility index (Phi) is 4.22. The minimum Gasteiger partial charge on any atom is -0.371 e. The quantitative estimate of drug-likeness (QED) is 0.783. The van der Waals surface area contributed by atoms with Crippen molar-refractivity contribution in [3.63, 3.8) is 0 Å². The van der Waals surface area contributed by atoms with Crippen molar-refractivity contribution >= 4 is 32.7 Å². The van der Waals surface area contributed by atoms with E-state index in [1.54, 1.807) is 6.20 Å². The van der Waals surface area contributed by atoms with Crippen molar-refractivity contribution in [2.75, 3.05) is 18.4 Å². The first-order valence-electron chi connectivity index (χ1n) is 7.03. The van der Waals surface area contributed by atoms with Crippen LogP contribution in [0.3, 0.4) is 0 Å². The Morgan fingerprint density at radius 3 is 3.00 bits per heavy atom. The van der Waals surface area contributed by atoms with Gasteiger partial charge in [0.1, 0.15) is 0 Å². The van der Waals surface area contributed by atoms with Crippen LogP contribution in [0.1, 0.15) is 17.3 Å². The lowest BCUT2D eigenvalue weighted by Gasteiger charge is -2.36. The molecule has 21 heavy (non-hydrogen) atoms. The van der Waals surface area contributed by atoms with Crippen molar-refractivity contribution < 1.29 is 9.53 Å². The van der Waals surface area contributed by atoms with Crippen molar-refractivity contribution in [3.8, 4) is 0 Å². The van der Waals surface area contributed by atoms with Crippen LogP contribution in [0.4, 0.5) is 0 Å². The summed E-state index contributed by atoms with van der Waals surface area (Å²) in [5, 5.41) is 1.72. The van der Waals surface area contributed by atoms with E-state index < -0.39 is 0 Å². The first-order valence-corrected chi connectivity index (χ1v) is 8.15. The van der Waals surface area contributed by atoms with Gasteiger partial charge in [0, 0.05) is 30.0 Å². The highest BCUT2D eigenvalue weighted by Crippen LogP contribution is 2.20. The Morgan fingerprint density at radius 1 is 1.38 bits per heavy atom. The first kappa shape index (κ1) is 14.5. The van der Waals surface area contributed by atoms with Crippen LogP contribution in [0.5, 0.6) is 0 Å². The van der Waals surface area contributed by atoms with E-state index in [1.807, 2.05) is 42.2 Å². The molecule has 1 aromatic heterocycles. The van der Waals surface area contributed by atoms with Crippen LogP contribution in [0.2, 0.25) is 0 Å². The number of aromatic nitrogens is 1. The van der Waals surface area contributed by atoms with Crippen LogP contribution in [0, 0.1) is 0 Å². The number of para-hydroxylation sites is 1. The minimum absolute atomic E-state index is 0.0281. The number of halogens is 1. The molecule has 1 aliphatic rings. The van der Waals surface area contributed by atoms with Gasteiger partial charge < -0.3 is 9.64 Å². The van der Waals surface area contributed by atoms with Gasteiger partial charge in [0.2, 0.25) is 0 Å². The third kappa shape index (κ3) is 2.94. The molecule has 3 rings (SSSR count). The number of amides is 1. The summed E-state index contributed by atoms with van der Waals surface area (Å²) in [5.41, 5.74) is 1.43. The SMILES string of the molecule is CC1CN(C(=O)c2cccc3cccnc23)CC(CBr)O1. The zero-order valence-corrected chi connectivity index (χ0v) is 13.4. The number of hydrogen-bond acceptors (Lipinski definition) is 3. The third-order valence-corrected chi connectivity index (χ3v) is 4.37. The van der Waals surface area contributed by atoms with E-state index >= 15 is 0 Å². The molecule has 2 heterocycles.